The molecule has 0 fully saturated rings. The van der Waals surface area contributed by atoms with Crippen molar-refractivity contribution in [3.63, 3.8) is 0 Å². The van der Waals surface area contributed by atoms with E-state index < -0.39 is 17.7 Å². The Morgan fingerprint density at radius 2 is 1.84 bits per heavy atom. The second-order valence-electron chi connectivity index (χ2n) is 5.13. The maximum atomic E-state index is 13.1. The fourth-order valence-corrected chi connectivity index (χ4v) is 2.15. The van der Waals surface area contributed by atoms with Gasteiger partial charge in [0, 0.05) is 11.3 Å². The van der Waals surface area contributed by atoms with E-state index in [1.165, 1.54) is 18.2 Å². The summed E-state index contributed by atoms with van der Waals surface area (Å²) in [7, 11) is 0. The Morgan fingerprint density at radius 1 is 1.12 bits per heavy atom. The van der Waals surface area contributed by atoms with Gasteiger partial charge in [0.25, 0.3) is 5.91 Å². The lowest BCUT2D eigenvalue weighted by Crippen LogP contribution is -2.34. The average molecular weight is 360 g/mol. The van der Waals surface area contributed by atoms with Crippen molar-refractivity contribution in [3.8, 4) is 0 Å². The SMILES string of the molecule is CCCOC(=O)c1ccc(NC(=S)NC(=O)c2cccc(F)c2)cc1. The lowest BCUT2D eigenvalue weighted by Gasteiger charge is -2.10. The first-order chi connectivity index (χ1) is 12.0. The van der Waals surface area contributed by atoms with E-state index in [-0.39, 0.29) is 10.7 Å². The molecule has 0 unspecified atom stereocenters. The quantitative estimate of drug-likeness (QED) is 0.631. The molecule has 0 aliphatic carbocycles. The van der Waals surface area contributed by atoms with Crippen LogP contribution in [0.3, 0.4) is 0 Å². The van der Waals surface area contributed by atoms with Crippen LogP contribution in [0.1, 0.15) is 34.1 Å². The van der Waals surface area contributed by atoms with Crippen LogP contribution in [0.2, 0.25) is 0 Å². The van der Waals surface area contributed by atoms with Crippen LogP contribution in [0.15, 0.2) is 48.5 Å². The molecule has 25 heavy (non-hydrogen) atoms. The topological polar surface area (TPSA) is 67.4 Å². The van der Waals surface area contributed by atoms with Gasteiger partial charge in [0.05, 0.1) is 12.2 Å². The van der Waals surface area contributed by atoms with Crippen LogP contribution in [0, 0.1) is 5.82 Å². The van der Waals surface area contributed by atoms with E-state index in [1.807, 2.05) is 6.92 Å². The summed E-state index contributed by atoms with van der Waals surface area (Å²) in [4.78, 5) is 23.7. The first-order valence-corrected chi connectivity index (χ1v) is 8.05. The summed E-state index contributed by atoms with van der Waals surface area (Å²) < 4.78 is 18.2. The van der Waals surface area contributed by atoms with Gasteiger partial charge < -0.3 is 10.1 Å². The smallest absolute Gasteiger partial charge is 0.338 e. The molecular weight excluding hydrogens is 343 g/mol. The normalized spacial score (nSPS) is 10.0. The van der Waals surface area contributed by atoms with Crippen LogP contribution in [0.25, 0.3) is 0 Å². The molecule has 0 aliphatic rings. The van der Waals surface area contributed by atoms with E-state index >= 15 is 0 Å². The minimum absolute atomic E-state index is 0.0653. The van der Waals surface area contributed by atoms with Gasteiger partial charge in [-0.15, -0.1) is 0 Å². The highest BCUT2D eigenvalue weighted by molar-refractivity contribution is 7.80. The number of halogens is 1. The molecule has 5 nitrogen and oxygen atoms in total. The zero-order valence-electron chi connectivity index (χ0n) is 13.5. The Balaban J connectivity index is 1.92. The fraction of sp³-hybridized carbons (Fsp3) is 0.167. The van der Waals surface area contributed by atoms with E-state index in [4.69, 9.17) is 17.0 Å². The molecule has 0 saturated heterocycles. The molecule has 0 atom stereocenters. The number of nitrogens with one attached hydrogen (secondary N) is 2. The second-order valence-corrected chi connectivity index (χ2v) is 5.54. The van der Waals surface area contributed by atoms with Crippen LogP contribution in [-0.2, 0) is 4.74 Å². The van der Waals surface area contributed by atoms with Gasteiger partial charge in [-0.25, -0.2) is 9.18 Å². The number of carbonyl (C=O) groups excluding carboxylic acids is 2. The molecule has 0 radical (unpaired) electrons. The van der Waals surface area contributed by atoms with E-state index in [2.05, 4.69) is 10.6 Å². The molecule has 7 heteroatoms. The predicted octanol–water partition coefficient (Wildman–Crippen LogP) is 3.52. The number of hydrogen-bond donors (Lipinski definition) is 2. The molecule has 0 spiro atoms. The van der Waals surface area contributed by atoms with Gasteiger partial charge in [-0.1, -0.05) is 13.0 Å². The van der Waals surface area contributed by atoms with Gasteiger partial charge in [0.1, 0.15) is 5.82 Å². The Kier molecular flexibility index (Phi) is 6.59. The first-order valence-electron chi connectivity index (χ1n) is 7.64. The fourth-order valence-electron chi connectivity index (χ4n) is 1.94. The summed E-state index contributed by atoms with van der Waals surface area (Å²) in [6.07, 6.45) is 0.755. The van der Waals surface area contributed by atoms with E-state index in [0.29, 0.717) is 17.9 Å². The number of amides is 1. The van der Waals surface area contributed by atoms with Gasteiger partial charge in [-0.3, -0.25) is 10.1 Å². The van der Waals surface area contributed by atoms with Crippen molar-refractivity contribution in [3.05, 3.63) is 65.5 Å². The lowest BCUT2D eigenvalue weighted by atomic mass is 10.2. The summed E-state index contributed by atoms with van der Waals surface area (Å²) in [5.41, 5.74) is 1.18. The summed E-state index contributed by atoms with van der Waals surface area (Å²) in [5, 5.41) is 5.35. The number of hydrogen-bond acceptors (Lipinski definition) is 4. The predicted molar refractivity (Wildman–Crippen MR) is 97.1 cm³/mol. The maximum absolute atomic E-state index is 13.1. The van der Waals surface area contributed by atoms with Gasteiger partial charge in [-0.2, -0.15) is 0 Å². The van der Waals surface area contributed by atoms with E-state index in [0.717, 1.165) is 12.5 Å². The van der Waals surface area contributed by atoms with Crippen molar-refractivity contribution in [2.24, 2.45) is 0 Å². The minimum atomic E-state index is -0.517. The number of benzene rings is 2. The van der Waals surface area contributed by atoms with Gasteiger partial charge in [0.15, 0.2) is 5.11 Å². The minimum Gasteiger partial charge on any atom is -0.462 e. The molecule has 2 rings (SSSR count). The number of anilines is 1. The lowest BCUT2D eigenvalue weighted by molar-refractivity contribution is 0.0505. The van der Waals surface area contributed by atoms with Crippen LogP contribution in [0.4, 0.5) is 10.1 Å². The number of ether oxygens (including phenoxy) is 1. The van der Waals surface area contributed by atoms with Crippen molar-refractivity contribution >= 4 is 34.9 Å². The molecule has 0 saturated carbocycles. The van der Waals surface area contributed by atoms with Crippen molar-refractivity contribution in [1.82, 2.24) is 5.32 Å². The number of thiocarbonyl (C=S) groups is 1. The first kappa shape index (κ1) is 18.5. The molecule has 2 N–H and O–H groups in total. The average Bonchev–Trinajstić information content (AvgIpc) is 2.60. The van der Waals surface area contributed by atoms with Crippen molar-refractivity contribution in [2.75, 3.05) is 11.9 Å². The molecule has 0 heterocycles. The molecule has 0 bridgehead atoms. The third-order valence-electron chi connectivity index (χ3n) is 3.13. The van der Waals surface area contributed by atoms with E-state index in [9.17, 15) is 14.0 Å². The van der Waals surface area contributed by atoms with Crippen molar-refractivity contribution in [2.45, 2.75) is 13.3 Å². The summed E-state index contributed by atoms with van der Waals surface area (Å²) in [6, 6.07) is 11.8. The molecule has 130 valence electrons. The zero-order chi connectivity index (χ0) is 18.2. The number of rotatable bonds is 5. The van der Waals surface area contributed by atoms with Crippen LogP contribution < -0.4 is 10.6 Å². The molecule has 0 aliphatic heterocycles. The maximum Gasteiger partial charge on any atom is 0.338 e. The molecule has 2 aromatic carbocycles. The highest BCUT2D eigenvalue weighted by Crippen LogP contribution is 2.11. The van der Waals surface area contributed by atoms with Crippen LogP contribution >= 0.6 is 12.2 Å². The highest BCUT2D eigenvalue weighted by Gasteiger charge is 2.10. The van der Waals surface area contributed by atoms with Crippen molar-refractivity contribution in [1.29, 1.82) is 0 Å². The molecule has 1 amide bonds. The monoisotopic (exact) mass is 360 g/mol. The van der Waals surface area contributed by atoms with Gasteiger partial charge in [0.2, 0.25) is 0 Å². The molecule has 0 aromatic heterocycles. The third-order valence-corrected chi connectivity index (χ3v) is 3.33. The largest absolute Gasteiger partial charge is 0.462 e. The Hall–Kier alpha value is -2.80. The Labute approximate surface area is 150 Å². The summed E-state index contributed by atoms with van der Waals surface area (Å²) >= 11 is 5.06. The third kappa shape index (κ3) is 5.65. The Bertz CT molecular complexity index is 778. The zero-order valence-corrected chi connectivity index (χ0v) is 14.4. The standard InChI is InChI=1S/C18H17FN2O3S/c1-2-10-24-17(23)12-6-8-15(9-7-12)20-18(25)21-16(22)13-4-3-5-14(19)11-13/h3-9,11H,2,10H2,1H3,(H2,20,21,22,25). The number of carbonyl (C=O) groups is 2. The summed E-state index contributed by atoms with van der Waals surface area (Å²) in [5.74, 6) is -1.41. The Morgan fingerprint density at radius 3 is 2.48 bits per heavy atom. The van der Waals surface area contributed by atoms with Crippen LogP contribution in [0.5, 0.6) is 0 Å². The van der Waals surface area contributed by atoms with Gasteiger partial charge in [-0.05, 0) is 61.1 Å². The molecular formula is C18H17FN2O3S. The van der Waals surface area contributed by atoms with E-state index in [1.54, 1.807) is 24.3 Å². The highest BCUT2D eigenvalue weighted by atomic mass is 32.1. The van der Waals surface area contributed by atoms with Crippen molar-refractivity contribution < 1.29 is 18.7 Å². The number of esters is 1. The second kappa shape index (κ2) is 8.89. The molecule has 2 aromatic rings. The van der Waals surface area contributed by atoms with Crippen LogP contribution in [-0.4, -0.2) is 23.6 Å². The van der Waals surface area contributed by atoms with Gasteiger partial charge >= 0.3 is 5.97 Å². The summed E-state index contributed by atoms with van der Waals surface area (Å²) in [6.45, 7) is 2.29.